The van der Waals surface area contributed by atoms with E-state index in [0.29, 0.717) is 12.3 Å². The molecule has 4 heteroatoms. The number of hydrogen-bond donors (Lipinski definition) is 1. The lowest BCUT2D eigenvalue weighted by Crippen LogP contribution is -2.86. The summed E-state index contributed by atoms with van der Waals surface area (Å²) < 4.78 is 6.82. The molecule has 1 aliphatic heterocycles. The number of esters is 1. The summed E-state index contributed by atoms with van der Waals surface area (Å²) in [5, 5.41) is 2.34. The second-order valence-electron chi connectivity index (χ2n) is 6.34. The normalized spacial score (nSPS) is 16.7. The van der Waals surface area contributed by atoms with E-state index in [1.54, 1.807) is 0 Å². The third-order valence-electron chi connectivity index (χ3n) is 4.33. The molecule has 0 bridgehead atoms. The quantitative estimate of drug-likeness (QED) is 0.826. The zero-order valence-corrected chi connectivity index (χ0v) is 14.5. The van der Waals surface area contributed by atoms with Crippen LogP contribution in [-0.4, -0.2) is 24.7 Å². The van der Waals surface area contributed by atoms with Gasteiger partial charge in [0.05, 0.1) is 13.1 Å². The third kappa shape index (κ3) is 5.11. The van der Waals surface area contributed by atoms with Crippen molar-refractivity contribution >= 4 is 21.9 Å². The monoisotopic (exact) mass is 354 g/mol. The van der Waals surface area contributed by atoms with E-state index in [4.69, 9.17) is 4.74 Å². The van der Waals surface area contributed by atoms with Crippen molar-refractivity contribution in [3.8, 4) is 0 Å². The Morgan fingerprint density at radius 1 is 1.29 bits per heavy atom. The zero-order valence-electron chi connectivity index (χ0n) is 12.9. The Kier molecular flexibility index (Phi) is 5.82. The number of ether oxygens (including phenoxy) is 1. The molecule has 1 heterocycles. The molecule has 0 spiro atoms. The number of benzene rings is 1. The second-order valence-corrected chi connectivity index (χ2v) is 7.26. The smallest absolute Gasteiger partial charge is 0.306 e. The van der Waals surface area contributed by atoms with Gasteiger partial charge in [-0.05, 0) is 38.0 Å². The minimum absolute atomic E-state index is 0.0857. The maximum Gasteiger partial charge on any atom is 0.306 e. The number of piperidine rings is 1. The second kappa shape index (κ2) is 7.41. The van der Waals surface area contributed by atoms with Crippen molar-refractivity contribution in [1.82, 2.24) is 0 Å². The standard InChI is InChI=1S/C17H24BrNO2/c1-17(2,14-9-11-19-12-10-14)21-16(20)8-5-13-3-6-15(18)7-4-13/h3-4,6-7,14,19H,5,8-12H2,1-2H3/p+1. The molecule has 0 aliphatic carbocycles. The van der Waals surface area contributed by atoms with Crippen LogP contribution in [0.15, 0.2) is 28.7 Å². The van der Waals surface area contributed by atoms with Crippen molar-refractivity contribution in [3.05, 3.63) is 34.3 Å². The number of quaternary nitrogens is 1. The van der Waals surface area contributed by atoms with Gasteiger partial charge in [-0.3, -0.25) is 4.79 Å². The molecule has 0 radical (unpaired) electrons. The molecule has 1 saturated heterocycles. The van der Waals surface area contributed by atoms with Crippen LogP contribution in [0, 0.1) is 5.92 Å². The van der Waals surface area contributed by atoms with Crippen LogP contribution in [0.25, 0.3) is 0 Å². The predicted octanol–water partition coefficient (Wildman–Crippen LogP) is 2.68. The van der Waals surface area contributed by atoms with Crippen LogP contribution in [0.2, 0.25) is 0 Å². The lowest BCUT2D eigenvalue weighted by molar-refractivity contribution is -0.665. The zero-order chi connectivity index (χ0) is 15.3. The number of carbonyl (C=O) groups excluding carboxylic acids is 1. The summed E-state index contributed by atoms with van der Waals surface area (Å²) in [5.41, 5.74) is 0.825. The molecular formula is C17H25BrNO2+. The van der Waals surface area contributed by atoms with E-state index < -0.39 is 0 Å². The van der Waals surface area contributed by atoms with Crippen LogP contribution >= 0.6 is 15.9 Å². The highest BCUT2D eigenvalue weighted by Crippen LogP contribution is 2.28. The fraction of sp³-hybridized carbons (Fsp3) is 0.588. The van der Waals surface area contributed by atoms with Crippen molar-refractivity contribution in [2.45, 2.75) is 45.1 Å². The van der Waals surface area contributed by atoms with Gasteiger partial charge in [-0.1, -0.05) is 28.1 Å². The van der Waals surface area contributed by atoms with Gasteiger partial charge >= 0.3 is 5.97 Å². The van der Waals surface area contributed by atoms with E-state index in [9.17, 15) is 4.79 Å². The molecule has 116 valence electrons. The average molecular weight is 355 g/mol. The Bertz CT molecular complexity index is 464. The molecule has 3 nitrogen and oxygen atoms in total. The van der Waals surface area contributed by atoms with Crippen molar-refractivity contribution in [2.24, 2.45) is 5.92 Å². The van der Waals surface area contributed by atoms with Gasteiger partial charge in [-0.2, -0.15) is 0 Å². The van der Waals surface area contributed by atoms with Gasteiger partial charge in [0.25, 0.3) is 0 Å². The molecule has 2 N–H and O–H groups in total. The maximum absolute atomic E-state index is 12.1. The first-order valence-corrected chi connectivity index (χ1v) is 8.54. The van der Waals surface area contributed by atoms with E-state index in [0.717, 1.165) is 36.8 Å². The van der Waals surface area contributed by atoms with Crippen LogP contribution in [0.4, 0.5) is 0 Å². The first-order chi connectivity index (χ1) is 9.97. The summed E-state index contributed by atoms with van der Waals surface area (Å²) >= 11 is 3.42. The van der Waals surface area contributed by atoms with Gasteiger partial charge in [-0.15, -0.1) is 0 Å². The summed E-state index contributed by atoms with van der Waals surface area (Å²) in [5.74, 6) is 0.400. The van der Waals surface area contributed by atoms with Gasteiger partial charge in [-0.25, -0.2) is 0 Å². The minimum Gasteiger partial charge on any atom is -0.459 e. The molecular weight excluding hydrogens is 330 g/mol. The molecule has 1 fully saturated rings. The Morgan fingerprint density at radius 3 is 2.52 bits per heavy atom. The van der Waals surface area contributed by atoms with Crippen LogP contribution in [0.3, 0.4) is 0 Å². The third-order valence-corrected chi connectivity index (χ3v) is 4.86. The van der Waals surface area contributed by atoms with Crippen molar-refractivity contribution in [2.75, 3.05) is 13.1 Å². The lowest BCUT2D eigenvalue weighted by Gasteiger charge is -2.35. The lowest BCUT2D eigenvalue weighted by atomic mass is 9.83. The largest absolute Gasteiger partial charge is 0.459 e. The molecule has 0 atom stereocenters. The summed E-state index contributed by atoms with van der Waals surface area (Å²) in [6, 6.07) is 8.09. The molecule has 0 amide bonds. The molecule has 1 aliphatic rings. The van der Waals surface area contributed by atoms with Crippen molar-refractivity contribution in [1.29, 1.82) is 0 Å². The van der Waals surface area contributed by atoms with Gasteiger partial charge < -0.3 is 10.1 Å². The Labute approximate surface area is 135 Å². The first-order valence-electron chi connectivity index (χ1n) is 7.75. The summed E-state index contributed by atoms with van der Waals surface area (Å²) in [7, 11) is 0. The molecule has 0 aromatic heterocycles. The van der Waals surface area contributed by atoms with Crippen LogP contribution in [0.5, 0.6) is 0 Å². The van der Waals surface area contributed by atoms with Crippen molar-refractivity contribution < 1.29 is 14.8 Å². The molecule has 0 unspecified atom stereocenters. The number of hydrogen-bond acceptors (Lipinski definition) is 2. The Morgan fingerprint density at radius 2 is 1.90 bits per heavy atom. The van der Waals surface area contributed by atoms with Crippen molar-refractivity contribution in [3.63, 3.8) is 0 Å². The highest BCUT2D eigenvalue weighted by molar-refractivity contribution is 9.10. The van der Waals surface area contributed by atoms with Gasteiger partial charge in [0.2, 0.25) is 0 Å². The number of aryl methyl sites for hydroxylation is 1. The van der Waals surface area contributed by atoms with E-state index >= 15 is 0 Å². The summed E-state index contributed by atoms with van der Waals surface area (Å²) in [6.45, 7) is 6.40. The van der Waals surface area contributed by atoms with E-state index in [1.165, 1.54) is 5.56 Å². The van der Waals surface area contributed by atoms with E-state index in [2.05, 4.69) is 35.1 Å². The van der Waals surface area contributed by atoms with Crippen LogP contribution in [0.1, 0.15) is 38.7 Å². The Balaban J connectivity index is 1.81. The number of nitrogens with two attached hydrogens (primary N) is 1. The van der Waals surface area contributed by atoms with E-state index in [-0.39, 0.29) is 11.6 Å². The molecule has 0 saturated carbocycles. The predicted molar refractivity (Wildman–Crippen MR) is 87.0 cm³/mol. The first kappa shape index (κ1) is 16.5. The minimum atomic E-state index is -0.342. The Hall–Kier alpha value is -0.870. The molecule has 1 aromatic rings. The molecule has 2 rings (SSSR count). The highest BCUT2D eigenvalue weighted by Gasteiger charge is 2.35. The fourth-order valence-corrected chi connectivity index (χ4v) is 3.21. The van der Waals surface area contributed by atoms with Crippen LogP contribution in [-0.2, 0) is 16.0 Å². The fourth-order valence-electron chi connectivity index (χ4n) is 2.95. The summed E-state index contributed by atoms with van der Waals surface area (Å²) in [6.07, 6.45) is 3.45. The number of carbonyl (C=O) groups is 1. The topological polar surface area (TPSA) is 42.9 Å². The SMILES string of the molecule is CC(C)(OC(=O)CCc1ccc(Br)cc1)C1CC[NH2+]CC1. The number of halogens is 1. The summed E-state index contributed by atoms with van der Waals surface area (Å²) in [4.78, 5) is 12.1. The van der Waals surface area contributed by atoms with Gasteiger partial charge in [0.1, 0.15) is 5.60 Å². The van der Waals surface area contributed by atoms with Gasteiger partial charge in [0.15, 0.2) is 0 Å². The van der Waals surface area contributed by atoms with Gasteiger partial charge in [0, 0.05) is 29.7 Å². The molecule has 1 aromatic carbocycles. The average Bonchev–Trinajstić information content (AvgIpc) is 2.47. The molecule has 21 heavy (non-hydrogen) atoms. The van der Waals surface area contributed by atoms with Crippen LogP contribution < -0.4 is 5.32 Å². The number of rotatable bonds is 5. The van der Waals surface area contributed by atoms with E-state index in [1.807, 2.05) is 24.3 Å². The highest BCUT2D eigenvalue weighted by atomic mass is 79.9. The maximum atomic E-state index is 12.1.